The van der Waals surface area contributed by atoms with E-state index in [-0.39, 0.29) is 18.3 Å². The summed E-state index contributed by atoms with van der Waals surface area (Å²) in [6.45, 7) is 2.60. The van der Waals surface area contributed by atoms with Crippen LogP contribution < -0.4 is 14.8 Å². The van der Waals surface area contributed by atoms with Crippen molar-refractivity contribution in [3.8, 4) is 11.5 Å². The van der Waals surface area contributed by atoms with Crippen LogP contribution >= 0.6 is 23.2 Å². The fourth-order valence-corrected chi connectivity index (χ4v) is 2.63. The van der Waals surface area contributed by atoms with Gasteiger partial charge < -0.3 is 14.8 Å². The van der Waals surface area contributed by atoms with Crippen LogP contribution in [0.2, 0.25) is 10.0 Å². The average Bonchev–Trinajstić information content (AvgIpc) is 3.14. The number of ether oxygens (including phenoxy) is 2. The minimum atomic E-state index is -0.321. The number of nitrogens with zero attached hydrogens (tertiary/aromatic N) is 2. The minimum Gasteiger partial charge on any atom is -0.494 e. The van der Waals surface area contributed by atoms with Crippen LogP contribution in [0.15, 0.2) is 54.7 Å². The molecule has 0 atom stereocenters. The third kappa shape index (κ3) is 4.93. The molecule has 140 valence electrons. The van der Waals surface area contributed by atoms with E-state index in [1.54, 1.807) is 54.7 Å². The number of nitrogens with one attached hydrogen (secondary N) is 1. The van der Waals surface area contributed by atoms with Crippen LogP contribution in [0.4, 0.5) is 5.69 Å². The number of aromatic nitrogens is 2. The van der Waals surface area contributed by atoms with Gasteiger partial charge in [0, 0.05) is 11.9 Å². The van der Waals surface area contributed by atoms with E-state index in [2.05, 4.69) is 10.4 Å². The molecular formula is C19H17Cl2N3O3. The molecule has 8 heteroatoms. The van der Waals surface area contributed by atoms with E-state index in [1.807, 2.05) is 6.92 Å². The molecule has 27 heavy (non-hydrogen) atoms. The fourth-order valence-electron chi connectivity index (χ4n) is 2.28. The van der Waals surface area contributed by atoms with Gasteiger partial charge in [-0.15, -0.1) is 0 Å². The Morgan fingerprint density at radius 2 is 1.89 bits per heavy atom. The molecule has 1 N–H and O–H groups in total. The lowest BCUT2D eigenvalue weighted by Gasteiger charge is -2.08. The highest BCUT2D eigenvalue weighted by atomic mass is 35.5. The maximum Gasteiger partial charge on any atom is 0.276 e. The van der Waals surface area contributed by atoms with E-state index in [4.69, 9.17) is 32.7 Å². The third-order valence-corrected chi connectivity index (χ3v) is 4.37. The Bertz CT molecular complexity index is 926. The third-order valence-electron chi connectivity index (χ3n) is 3.56. The molecule has 2 aromatic carbocycles. The molecule has 0 aliphatic heterocycles. The van der Waals surface area contributed by atoms with Crippen LogP contribution in [0.25, 0.3) is 0 Å². The molecule has 0 saturated heterocycles. The first-order valence-corrected chi connectivity index (χ1v) is 8.97. The Morgan fingerprint density at radius 3 is 2.63 bits per heavy atom. The number of hydrogen-bond acceptors (Lipinski definition) is 4. The SMILES string of the molecule is CCOc1ccc(NC(=O)c2ccn(COc3cccc(Cl)c3Cl)n2)cc1. The lowest BCUT2D eigenvalue weighted by Crippen LogP contribution is -2.14. The summed E-state index contributed by atoms with van der Waals surface area (Å²) in [7, 11) is 0. The molecular weight excluding hydrogens is 389 g/mol. The molecule has 3 aromatic rings. The largest absolute Gasteiger partial charge is 0.494 e. The highest BCUT2D eigenvalue weighted by molar-refractivity contribution is 6.42. The number of anilines is 1. The maximum absolute atomic E-state index is 12.3. The molecule has 1 amide bonds. The van der Waals surface area contributed by atoms with Gasteiger partial charge in [0.25, 0.3) is 5.91 Å². The summed E-state index contributed by atoms with van der Waals surface area (Å²) in [6.07, 6.45) is 1.64. The van der Waals surface area contributed by atoms with Gasteiger partial charge in [0.1, 0.15) is 16.5 Å². The summed E-state index contributed by atoms with van der Waals surface area (Å²) in [5, 5.41) is 7.72. The lowest BCUT2D eigenvalue weighted by atomic mass is 10.3. The average molecular weight is 406 g/mol. The number of carbonyl (C=O) groups excluding carboxylic acids is 1. The van der Waals surface area contributed by atoms with Crippen molar-refractivity contribution in [3.05, 3.63) is 70.5 Å². The van der Waals surface area contributed by atoms with E-state index >= 15 is 0 Å². The Hall–Kier alpha value is -2.70. The minimum absolute atomic E-state index is 0.0936. The van der Waals surface area contributed by atoms with Crippen molar-refractivity contribution >= 4 is 34.8 Å². The second-order valence-electron chi connectivity index (χ2n) is 5.48. The highest BCUT2D eigenvalue weighted by Gasteiger charge is 2.11. The zero-order valence-corrected chi connectivity index (χ0v) is 16.0. The van der Waals surface area contributed by atoms with E-state index in [1.165, 1.54) is 4.68 Å². The zero-order valence-electron chi connectivity index (χ0n) is 14.5. The fraction of sp³-hybridized carbons (Fsp3) is 0.158. The van der Waals surface area contributed by atoms with Crippen molar-refractivity contribution < 1.29 is 14.3 Å². The van der Waals surface area contributed by atoms with Gasteiger partial charge in [-0.3, -0.25) is 4.79 Å². The first-order valence-electron chi connectivity index (χ1n) is 8.21. The summed E-state index contributed by atoms with van der Waals surface area (Å²) in [6, 6.07) is 13.8. The molecule has 3 rings (SSSR count). The second-order valence-corrected chi connectivity index (χ2v) is 6.26. The standard InChI is InChI=1S/C19H17Cl2N3O3/c1-2-26-14-8-6-13(7-9-14)22-19(25)16-10-11-24(23-16)12-27-17-5-3-4-15(20)18(17)21/h3-11H,2,12H2,1H3,(H,22,25). The monoisotopic (exact) mass is 405 g/mol. The van der Waals surface area contributed by atoms with Gasteiger partial charge in [-0.25, -0.2) is 4.68 Å². The topological polar surface area (TPSA) is 65.4 Å². The maximum atomic E-state index is 12.3. The smallest absolute Gasteiger partial charge is 0.276 e. The first kappa shape index (κ1) is 19.1. The van der Waals surface area contributed by atoms with Crippen molar-refractivity contribution in [2.24, 2.45) is 0 Å². The number of halogens is 2. The lowest BCUT2D eigenvalue weighted by molar-refractivity contribution is 0.102. The van der Waals surface area contributed by atoms with Crippen molar-refractivity contribution in [1.82, 2.24) is 9.78 Å². The van der Waals surface area contributed by atoms with Crippen LogP contribution in [0.3, 0.4) is 0 Å². The number of rotatable bonds is 7. The molecule has 1 aromatic heterocycles. The Balaban J connectivity index is 1.59. The summed E-state index contributed by atoms with van der Waals surface area (Å²) in [4.78, 5) is 12.3. The summed E-state index contributed by atoms with van der Waals surface area (Å²) in [5.41, 5.74) is 0.921. The van der Waals surface area contributed by atoms with E-state index in [0.29, 0.717) is 28.1 Å². The summed E-state index contributed by atoms with van der Waals surface area (Å²) in [5.74, 6) is 0.871. The van der Waals surface area contributed by atoms with Gasteiger partial charge in [0.15, 0.2) is 12.4 Å². The molecule has 1 heterocycles. The Morgan fingerprint density at radius 1 is 1.11 bits per heavy atom. The van der Waals surface area contributed by atoms with Crippen LogP contribution in [0.5, 0.6) is 11.5 Å². The predicted octanol–water partition coefficient (Wildman–Crippen LogP) is 4.88. The molecule has 0 radical (unpaired) electrons. The molecule has 0 aliphatic rings. The summed E-state index contributed by atoms with van der Waals surface area (Å²) >= 11 is 12.0. The highest BCUT2D eigenvalue weighted by Crippen LogP contribution is 2.31. The van der Waals surface area contributed by atoms with E-state index < -0.39 is 0 Å². The number of hydrogen-bond donors (Lipinski definition) is 1. The molecule has 0 unspecified atom stereocenters. The normalized spacial score (nSPS) is 10.5. The van der Waals surface area contributed by atoms with E-state index in [9.17, 15) is 4.79 Å². The van der Waals surface area contributed by atoms with Crippen molar-refractivity contribution in [2.75, 3.05) is 11.9 Å². The molecule has 0 aliphatic carbocycles. The molecule has 0 bridgehead atoms. The molecule has 0 spiro atoms. The van der Waals surface area contributed by atoms with Gasteiger partial charge in [0.05, 0.1) is 11.6 Å². The number of benzene rings is 2. The molecule has 0 saturated carbocycles. The predicted molar refractivity (Wildman–Crippen MR) is 105 cm³/mol. The van der Waals surface area contributed by atoms with Crippen molar-refractivity contribution in [2.45, 2.75) is 13.7 Å². The van der Waals surface area contributed by atoms with Crippen LogP contribution in [0, 0.1) is 0 Å². The number of carbonyl (C=O) groups is 1. The zero-order chi connectivity index (χ0) is 19.2. The molecule has 0 fully saturated rings. The first-order chi connectivity index (χ1) is 13.1. The summed E-state index contributed by atoms with van der Waals surface area (Å²) < 4.78 is 12.5. The van der Waals surface area contributed by atoms with Gasteiger partial charge in [-0.2, -0.15) is 5.10 Å². The van der Waals surface area contributed by atoms with Gasteiger partial charge >= 0.3 is 0 Å². The van der Waals surface area contributed by atoms with Crippen LogP contribution in [-0.4, -0.2) is 22.3 Å². The second kappa shape index (κ2) is 8.79. The van der Waals surface area contributed by atoms with Crippen molar-refractivity contribution in [3.63, 3.8) is 0 Å². The van der Waals surface area contributed by atoms with Gasteiger partial charge in [-0.1, -0.05) is 29.3 Å². The van der Waals surface area contributed by atoms with Crippen molar-refractivity contribution in [1.29, 1.82) is 0 Å². The number of amides is 1. The van der Waals surface area contributed by atoms with Crippen LogP contribution in [-0.2, 0) is 6.73 Å². The molecule has 6 nitrogen and oxygen atoms in total. The van der Waals surface area contributed by atoms with Gasteiger partial charge in [0.2, 0.25) is 0 Å². The van der Waals surface area contributed by atoms with E-state index in [0.717, 1.165) is 5.75 Å². The Labute approximate surface area is 166 Å². The van der Waals surface area contributed by atoms with Gasteiger partial charge in [-0.05, 0) is 49.4 Å². The van der Waals surface area contributed by atoms with Crippen LogP contribution in [0.1, 0.15) is 17.4 Å². The quantitative estimate of drug-likeness (QED) is 0.608. The Kier molecular flexibility index (Phi) is 6.21.